The minimum absolute atomic E-state index is 0.00190. The van der Waals surface area contributed by atoms with E-state index in [1.165, 1.54) is 13.2 Å². The maximum absolute atomic E-state index is 13.3. The van der Waals surface area contributed by atoms with Gasteiger partial charge in [0.2, 0.25) is 6.54 Å². The summed E-state index contributed by atoms with van der Waals surface area (Å²) in [5, 5.41) is 20.3. The summed E-state index contributed by atoms with van der Waals surface area (Å²) in [7, 11) is 1.22. The predicted molar refractivity (Wildman–Crippen MR) is 83.0 cm³/mol. The predicted octanol–water partition coefficient (Wildman–Crippen LogP) is 3.58. The van der Waals surface area contributed by atoms with Gasteiger partial charge in [-0.2, -0.15) is 13.2 Å². The maximum atomic E-state index is 13.3. The van der Waals surface area contributed by atoms with Crippen molar-refractivity contribution in [3.8, 4) is 17.0 Å². The van der Waals surface area contributed by atoms with Gasteiger partial charge in [0.25, 0.3) is 5.60 Å². The van der Waals surface area contributed by atoms with Gasteiger partial charge in [-0.15, -0.1) is 0 Å². The van der Waals surface area contributed by atoms with Gasteiger partial charge < -0.3 is 9.84 Å². The fraction of sp³-hybridized carbons (Fsp3) is 0.267. The summed E-state index contributed by atoms with van der Waals surface area (Å²) >= 11 is 5.67. The number of halogens is 5. The molecule has 1 N–H and O–H groups in total. The highest BCUT2D eigenvalue weighted by atomic mass is 35.5. The van der Waals surface area contributed by atoms with Crippen LogP contribution in [0.5, 0.6) is 5.75 Å². The van der Waals surface area contributed by atoms with Gasteiger partial charge in [-0.3, -0.25) is 10.1 Å². The van der Waals surface area contributed by atoms with E-state index in [0.29, 0.717) is 0 Å². The molecule has 2 rings (SSSR count). The number of hydrogen-bond donors (Lipinski definition) is 1. The molecular formula is C15H11ClF4N2O4. The van der Waals surface area contributed by atoms with E-state index in [9.17, 15) is 32.8 Å². The van der Waals surface area contributed by atoms with Gasteiger partial charge in [-0.1, -0.05) is 11.6 Å². The van der Waals surface area contributed by atoms with Crippen molar-refractivity contribution < 1.29 is 32.3 Å². The number of benzene rings is 1. The Hall–Kier alpha value is -2.46. The first-order chi connectivity index (χ1) is 12.0. The first kappa shape index (κ1) is 19.9. The number of aliphatic hydroxyl groups is 1. The second-order valence-electron chi connectivity index (χ2n) is 5.23. The van der Waals surface area contributed by atoms with Crippen LogP contribution in [0, 0.1) is 15.9 Å². The summed E-state index contributed by atoms with van der Waals surface area (Å²) in [5.41, 5.74) is -4.92. The minimum Gasteiger partial charge on any atom is -0.494 e. The number of nitro groups is 1. The third kappa shape index (κ3) is 3.70. The molecule has 1 aromatic carbocycles. The Bertz CT molecular complexity index is 847. The number of methoxy groups -OCH3 is 1. The molecular weight excluding hydrogens is 384 g/mol. The number of aromatic nitrogens is 1. The molecule has 6 nitrogen and oxygen atoms in total. The highest BCUT2D eigenvalue weighted by molar-refractivity contribution is 6.31. The van der Waals surface area contributed by atoms with Crippen LogP contribution in [0.25, 0.3) is 11.3 Å². The van der Waals surface area contributed by atoms with E-state index in [-0.39, 0.29) is 22.0 Å². The van der Waals surface area contributed by atoms with Gasteiger partial charge >= 0.3 is 6.18 Å². The van der Waals surface area contributed by atoms with Crippen LogP contribution in [0.4, 0.5) is 17.6 Å². The number of alkyl halides is 3. The third-order valence-corrected chi connectivity index (χ3v) is 3.81. The Kier molecular flexibility index (Phi) is 5.38. The molecule has 0 aliphatic rings. The van der Waals surface area contributed by atoms with Crippen LogP contribution in [0.2, 0.25) is 5.02 Å². The molecule has 11 heteroatoms. The molecule has 1 atom stereocenters. The molecule has 140 valence electrons. The van der Waals surface area contributed by atoms with Crippen LogP contribution in [0.1, 0.15) is 5.69 Å². The first-order valence-corrected chi connectivity index (χ1v) is 7.29. The first-order valence-electron chi connectivity index (χ1n) is 6.91. The average Bonchev–Trinajstić information content (AvgIpc) is 2.55. The lowest BCUT2D eigenvalue weighted by atomic mass is 9.97. The summed E-state index contributed by atoms with van der Waals surface area (Å²) < 4.78 is 58.2. The molecule has 0 aliphatic heterocycles. The molecule has 0 spiro atoms. The lowest BCUT2D eigenvalue weighted by molar-refractivity contribution is -0.519. The lowest BCUT2D eigenvalue weighted by Gasteiger charge is -2.26. The van der Waals surface area contributed by atoms with Crippen molar-refractivity contribution in [1.82, 2.24) is 4.98 Å². The van der Waals surface area contributed by atoms with Crippen LogP contribution in [0.15, 0.2) is 30.3 Å². The molecule has 1 heterocycles. The Morgan fingerprint density at radius 3 is 2.46 bits per heavy atom. The van der Waals surface area contributed by atoms with Gasteiger partial charge in [0, 0.05) is 10.5 Å². The van der Waals surface area contributed by atoms with E-state index in [1.54, 1.807) is 0 Å². The van der Waals surface area contributed by atoms with Crippen LogP contribution in [-0.4, -0.2) is 34.8 Å². The van der Waals surface area contributed by atoms with Gasteiger partial charge in [0.05, 0.1) is 17.8 Å². The van der Waals surface area contributed by atoms with Crippen molar-refractivity contribution in [2.24, 2.45) is 0 Å². The fourth-order valence-corrected chi connectivity index (χ4v) is 2.37. The van der Waals surface area contributed by atoms with E-state index in [4.69, 9.17) is 16.3 Å². The zero-order chi connectivity index (χ0) is 19.7. The minimum atomic E-state index is -5.36. The Morgan fingerprint density at radius 2 is 1.96 bits per heavy atom. The summed E-state index contributed by atoms with van der Waals surface area (Å²) in [6, 6.07) is 5.09. The molecule has 0 fully saturated rings. The fourth-order valence-electron chi connectivity index (χ4n) is 2.19. The molecule has 0 saturated heterocycles. The second-order valence-corrected chi connectivity index (χ2v) is 5.63. The highest BCUT2D eigenvalue weighted by Crippen LogP contribution is 2.40. The van der Waals surface area contributed by atoms with Crippen molar-refractivity contribution in [1.29, 1.82) is 0 Å². The van der Waals surface area contributed by atoms with Crippen molar-refractivity contribution in [2.45, 2.75) is 11.8 Å². The SMILES string of the molecule is COc1ccc(C(O)(C[N+](=O)[O-])C(F)(F)F)nc1-c1ccc(F)c(Cl)c1. The second kappa shape index (κ2) is 7.04. The molecule has 2 aromatic rings. The van der Waals surface area contributed by atoms with E-state index < -0.39 is 34.8 Å². The molecule has 0 radical (unpaired) electrons. The number of rotatable bonds is 5. The van der Waals surface area contributed by atoms with Crippen molar-refractivity contribution in [2.75, 3.05) is 13.7 Å². The van der Waals surface area contributed by atoms with Gasteiger partial charge in [0.15, 0.2) is 0 Å². The van der Waals surface area contributed by atoms with E-state index in [1.807, 2.05) is 0 Å². The molecule has 0 amide bonds. The molecule has 0 aliphatic carbocycles. The molecule has 26 heavy (non-hydrogen) atoms. The van der Waals surface area contributed by atoms with E-state index in [2.05, 4.69) is 4.98 Å². The standard InChI is InChI=1S/C15H11ClF4N2O4/c1-26-11-4-5-12(14(23,7-22(24)25)15(18,19)20)21-13(11)8-2-3-10(17)9(16)6-8/h2-6,23H,7H2,1H3. The van der Waals surface area contributed by atoms with Gasteiger partial charge in [-0.25, -0.2) is 9.37 Å². The van der Waals surface area contributed by atoms with E-state index >= 15 is 0 Å². The van der Waals surface area contributed by atoms with Crippen LogP contribution >= 0.6 is 11.6 Å². The van der Waals surface area contributed by atoms with Crippen molar-refractivity contribution in [3.05, 3.63) is 57.0 Å². The molecule has 0 bridgehead atoms. The normalized spacial score (nSPS) is 14.0. The zero-order valence-corrected chi connectivity index (χ0v) is 13.8. The quantitative estimate of drug-likeness (QED) is 0.476. The van der Waals surface area contributed by atoms with Crippen molar-refractivity contribution in [3.63, 3.8) is 0 Å². The van der Waals surface area contributed by atoms with Crippen molar-refractivity contribution >= 4 is 11.6 Å². The molecule has 1 aromatic heterocycles. The summed E-state index contributed by atoms with van der Waals surface area (Å²) in [5.74, 6) is -0.757. The maximum Gasteiger partial charge on any atom is 0.429 e. The van der Waals surface area contributed by atoms with Crippen LogP contribution in [0.3, 0.4) is 0 Å². The average molecular weight is 395 g/mol. The highest BCUT2D eigenvalue weighted by Gasteiger charge is 2.60. The Labute approximate surface area is 149 Å². The molecule has 1 unspecified atom stereocenters. The summed E-state index contributed by atoms with van der Waals surface area (Å²) in [4.78, 5) is 13.0. The Morgan fingerprint density at radius 1 is 1.31 bits per heavy atom. The number of ether oxygens (including phenoxy) is 1. The van der Waals surface area contributed by atoms with Gasteiger partial charge in [0.1, 0.15) is 17.3 Å². The molecule has 0 saturated carbocycles. The Balaban J connectivity index is 2.68. The summed E-state index contributed by atoms with van der Waals surface area (Å²) in [6.07, 6.45) is -5.36. The number of nitrogens with zero attached hydrogens (tertiary/aromatic N) is 2. The monoisotopic (exact) mass is 394 g/mol. The number of pyridine rings is 1. The zero-order valence-electron chi connectivity index (χ0n) is 13.1. The smallest absolute Gasteiger partial charge is 0.429 e. The third-order valence-electron chi connectivity index (χ3n) is 3.52. The van der Waals surface area contributed by atoms with Crippen LogP contribution in [-0.2, 0) is 5.60 Å². The van der Waals surface area contributed by atoms with Gasteiger partial charge in [-0.05, 0) is 30.3 Å². The summed E-state index contributed by atoms with van der Waals surface area (Å²) in [6.45, 7) is -1.83. The van der Waals surface area contributed by atoms with E-state index in [0.717, 1.165) is 24.3 Å². The lowest BCUT2D eigenvalue weighted by Crippen LogP contribution is -2.48. The number of hydrogen-bond acceptors (Lipinski definition) is 5. The van der Waals surface area contributed by atoms with Crippen LogP contribution < -0.4 is 4.74 Å². The largest absolute Gasteiger partial charge is 0.494 e. The topological polar surface area (TPSA) is 85.5 Å².